The second-order valence-corrected chi connectivity index (χ2v) is 2.25. The molecule has 0 unspecified atom stereocenters. The molecule has 0 aromatic heterocycles. The van der Waals surface area contributed by atoms with Crippen molar-refractivity contribution in [2.24, 2.45) is 17.2 Å². The lowest BCUT2D eigenvalue weighted by atomic mass is 10.4. The summed E-state index contributed by atoms with van der Waals surface area (Å²) in [4.78, 5) is 33.0. The molecular formula is C6H12N4O3. The molecule has 0 aliphatic heterocycles. The van der Waals surface area contributed by atoms with E-state index in [0.717, 1.165) is 0 Å². The van der Waals surface area contributed by atoms with Gasteiger partial charge in [-0.05, 0) is 0 Å². The second-order valence-electron chi connectivity index (χ2n) is 2.25. The number of primary amides is 1. The molecule has 0 heterocycles. The summed E-state index contributed by atoms with van der Waals surface area (Å²) in [7, 11) is 0. The van der Waals surface area contributed by atoms with Crippen LogP contribution >= 0.6 is 0 Å². The average molecular weight is 188 g/mol. The lowest BCUT2D eigenvalue weighted by molar-refractivity contribution is -0.145. The fraction of sp³-hybridized carbons (Fsp3) is 0.500. The van der Waals surface area contributed by atoms with Crippen molar-refractivity contribution in [3.8, 4) is 0 Å². The standard InChI is InChI=1S/C6H12N4O3/c7-1-5(12)10(3-4(9)11)6(13)2-8/h1-3,7-8H2,(H2,9,11). The van der Waals surface area contributed by atoms with Gasteiger partial charge in [-0.15, -0.1) is 0 Å². The lowest BCUT2D eigenvalue weighted by Crippen LogP contribution is -2.47. The highest BCUT2D eigenvalue weighted by Crippen LogP contribution is 1.88. The third-order valence-electron chi connectivity index (χ3n) is 1.27. The van der Waals surface area contributed by atoms with E-state index in [9.17, 15) is 14.4 Å². The smallest absolute Gasteiger partial charge is 0.243 e. The van der Waals surface area contributed by atoms with Gasteiger partial charge < -0.3 is 17.2 Å². The van der Waals surface area contributed by atoms with Gasteiger partial charge in [0.2, 0.25) is 17.7 Å². The Hall–Kier alpha value is -1.47. The number of carbonyl (C=O) groups excluding carboxylic acids is 3. The molecule has 13 heavy (non-hydrogen) atoms. The predicted octanol–water partition coefficient (Wildman–Crippen LogP) is -3.26. The Morgan fingerprint density at radius 3 is 1.62 bits per heavy atom. The van der Waals surface area contributed by atoms with E-state index in [-0.39, 0.29) is 13.1 Å². The van der Waals surface area contributed by atoms with Crippen LogP contribution < -0.4 is 17.2 Å². The van der Waals surface area contributed by atoms with Crippen LogP contribution in [0.25, 0.3) is 0 Å². The summed E-state index contributed by atoms with van der Waals surface area (Å²) >= 11 is 0. The van der Waals surface area contributed by atoms with E-state index in [1.165, 1.54) is 0 Å². The van der Waals surface area contributed by atoms with Crippen LogP contribution in [-0.2, 0) is 14.4 Å². The first-order chi connectivity index (χ1) is 6.02. The Kier molecular flexibility index (Phi) is 4.63. The first-order valence-electron chi connectivity index (χ1n) is 3.54. The van der Waals surface area contributed by atoms with Gasteiger partial charge in [0.15, 0.2) is 0 Å². The van der Waals surface area contributed by atoms with Gasteiger partial charge in [-0.3, -0.25) is 19.3 Å². The highest BCUT2D eigenvalue weighted by molar-refractivity contribution is 6.00. The molecule has 0 saturated heterocycles. The zero-order valence-electron chi connectivity index (χ0n) is 7.03. The molecule has 0 rings (SSSR count). The number of carbonyl (C=O) groups is 3. The Bertz CT molecular complexity index is 212. The van der Waals surface area contributed by atoms with Crippen molar-refractivity contribution in [1.29, 1.82) is 0 Å². The van der Waals surface area contributed by atoms with Crippen molar-refractivity contribution < 1.29 is 14.4 Å². The number of hydrogen-bond donors (Lipinski definition) is 3. The van der Waals surface area contributed by atoms with E-state index in [0.29, 0.717) is 4.90 Å². The van der Waals surface area contributed by atoms with Gasteiger partial charge in [-0.2, -0.15) is 0 Å². The number of hydrogen-bond acceptors (Lipinski definition) is 5. The normalized spacial score (nSPS) is 9.38. The van der Waals surface area contributed by atoms with Crippen molar-refractivity contribution >= 4 is 17.7 Å². The molecule has 6 N–H and O–H groups in total. The third kappa shape index (κ3) is 3.63. The van der Waals surface area contributed by atoms with Crippen molar-refractivity contribution in [2.45, 2.75) is 0 Å². The highest BCUT2D eigenvalue weighted by Gasteiger charge is 2.20. The summed E-state index contributed by atoms with van der Waals surface area (Å²) in [5.41, 5.74) is 14.8. The number of amides is 3. The van der Waals surface area contributed by atoms with Gasteiger partial charge in [-0.25, -0.2) is 0 Å². The monoisotopic (exact) mass is 188 g/mol. The quantitative estimate of drug-likeness (QED) is 0.426. The van der Waals surface area contributed by atoms with Crippen LogP contribution in [0, 0.1) is 0 Å². The Labute approximate surface area is 74.8 Å². The summed E-state index contributed by atoms with van der Waals surface area (Å²) in [6.45, 7) is -1.20. The first-order valence-corrected chi connectivity index (χ1v) is 3.54. The lowest BCUT2D eigenvalue weighted by Gasteiger charge is -2.16. The molecule has 0 radical (unpaired) electrons. The molecular weight excluding hydrogens is 176 g/mol. The fourth-order valence-electron chi connectivity index (χ4n) is 0.692. The molecule has 0 spiro atoms. The van der Waals surface area contributed by atoms with E-state index in [4.69, 9.17) is 17.2 Å². The molecule has 0 bridgehead atoms. The Morgan fingerprint density at radius 1 is 1.00 bits per heavy atom. The van der Waals surface area contributed by atoms with Crippen LogP contribution in [0.15, 0.2) is 0 Å². The number of nitrogens with zero attached hydrogens (tertiary/aromatic N) is 1. The molecule has 0 aliphatic carbocycles. The van der Waals surface area contributed by atoms with Crippen molar-refractivity contribution in [1.82, 2.24) is 4.90 Å². The van der Waals surface area contributed by atoms with Gasteiger partial charge in [0.05, 0.1) is 13.1 Å². The molecule has 0 atom stereocenters. The average Bonchev–Trinajstić information content (AvgIpc) is 2.11. The van der Waals surface area contributed by atoms with Gasteiger partial charge in [0.1, 0.15) is 6.54 Å². The molecule has 0 saturated carbocycles. The minimum absolute atomic E-state index is 0.362. The molecule has 7 nitrogen and oxygen atoms in total. The zero-order chi connectivity index (χ0) is 10.4. The van der Waals surface area contributed by atoms with E-state index in [1.54, 1.807) is 0 Å². The largest absolute Gasteiger partial charge is 0.368 e. The van der Waals surface area contributed by atoms with E-state index >= 15 is 0 Å². The maximum absolute atomic E-state index is 11.0. The second kappa shape index (κ2) is 5.22. The van der Waals surface area contributed by atoms with Crippen LogP contribution in [0.3, 0.4) is 0 Å². The topological polar surface area (TPSA) is 133 Å². The zero-order valence-corrected chi connectivity index (χ0v) is 7.03. The van der Waals surface area contributed by atoms with Crippen molar-refractivity contribution in [3.05, 3.63) is 0 Å². The summed E-state index contributed by atoms with van der Waals surface area (Å²) in [5, 5.41) is 0. The molecule has 74 valence electrons. The maximum atomic E-state index is 11.0. The summed E-state index contributed by atoms with van der Waals surface area (Å²) in [5.74, 6) is -2.13. The molecule has 0 aliphatic rings. The summed E-state index contributed by atoms with van der Waals surface area (Å²) in [6, 6.07) is 0. The molecule has 0 aromatic carbocycles. The van der Waals surface area contributed by atoms with E-state index in [1.807, 2.05) is 0 Å². The van der Waals surface area contributed by atoms with Crippen LogP contribution in [0.4, 0.5) is 0 Å². The van der Waals surface area contributed by atoms with Gasteiger partial charge in [0.25, 0.3) is 0 Å². The molecule has 0 fully saturated rings. The Balaban J connectivity index is 4.45. The van der Waals surface area contributed by atoms with Crippen LogP contribution in [0.2, 0.25) is 0 Å². The summed E-state index contributed by atoms with van der Waals surface area (Å²) in [6.07, 6.45) is 0. The van der Waals surface area contributed by atoms with Crippen molar-refractivity contribution in [2.75, 3.05) is 19.6 Å². The highest BCUT2D eigenvalue weighted by atomic mass is 16.2. The number of imide groups is 1. The van der Waals surface area contributed by atoms with Gasteiger partial charge >= 0.3 is 0 Å². The van der Waals surface area contributed by atoms with Crippen LogP contribution in [-0.4, -0.2) is 42.3 Å². The van der Waals surface area contributed by atoms with Gasteiger partial charge in [-0.1, -0.05) is 0 Å². The Morgan fingerprint density at radius 2 is 1.38 bits per heavy atom. The minimum Gasteiger partial charge on any atom is -0.368 e. The van der Waals surface area contributed by atoms with Crippen molar-refractivity contribution in [3.63, 3.8) is 0 Å². The number of rotatable bonds is 4. The SMILES string of the molecule is NCC(=O)N(CC(N)=O)C(=O)CN. The molecule has 3 amide bonds. The number of nitrogens with two attached hydrogens (primary N) is 3. The van der Waals surface area contributed by atoms with E-state index < -0.39 is 24.3 Å². The van der Waals surface area contributed by atoms with Crippen LogP contribution in [0.1, 0.15) is 0 Å². The fourth-order valence-corrected chi connectivity index (χ4v) is 0.692. The van der Waals surface area contributed by atoms with E-state index in [2.05, 4.69) is 0 Å². The predicted molar refractivity (Wildman–Crippen MR) is 44.0 cm³/mol. The minimum atomic E-state index is -0.788. The maximum Gasteiger partial charge on any atom is 0.243 e. The van der Waals surface area contributed by atoms with Crippen LogP contribution in [0.5, 0.6) is 0 Å². The summed E-state index contributed by atoms with van der Waals surface area (Å²) < 4.78 is 0. The third-order valence-corrected chi connectivity index (χ3v) is 1.27. The van der Waals surface area contributed by atoms with Gasteiger partial charge in [0, 0.05) is 0 Å². The first kappa shape index (κ1) is 11.5. The molecule has 0 aromatic rings. The molecule has 7 heteroatoms.